The molecule has 1 fully saturated rings. The van der Waals surface area contributed by atoms with Crippen LogP contribution in [0.15, 0.2) is 30.5 Å². The number of halogens is 2. The zero-order valence-corrected chi connectivity index (χ0v) is 19.1. The maximum atomic E-state index is 14.3. The Hall–Kier alpha value is -4.13. The normalized spacial score (nSPS) is 13.8. The Morgan fingerprint density at radius 1 is 1.17 bits per heavy atom. The van der Waals surface area contributed by atoms with Gasteiger partial charge in [0.05, 0.1) is 34.0 Å². The van der Waals surface area contributed by atoms with Gasteiger partial charge in [-0.15, -0.1) is 0 Å². The molecule has 2 aromatic heterocycles. The highest BCUT2D eigenvalue weighted by Crippen LogP contribution is 2.38. The van der Waals surface area contributed by atoms with Gasteiger partial charge in [-0.2, -0.15) is 5.10 Å². The molecule has 5 rings (SSSR count). The summed E-state index contributed by atoms with van der Waals surface area (Å²) in [6.45, 7) is 1.79. The van der Waals surface area contributed by atoms with Crippen molar-refractivity contribution in [2.75, 3.05) is 10.5 Å². The van der Waals surface area contributed by atoms with Crippen LogP contribution in [-0.2, 0) is 10.0 Å². The van der Waals surface area contributed by atoms with Gasteiger partial charge in [0, 0.05) is 22.6 Å². The van der Waals surface area contributed by atoms with Gasteiger partial charge in [-0.05, 0) is 37.5 Å². The third-order valence-corrected chi connectivity index (χ3v) is 7.62. The lowest BCUT2D eigenvalue weighted by atomic mass is 9.99. The van der Waals surface area contributed by atoms with Crippen molar-refractivity contribution in [3.63, 3.8) is 0 Å². The second kappa shape index (κ2) is 7.98. The standard InChI is InChI=1S/C22H19F2N7O3S/c1-9-2-5-15-12(8-27-30-15)17(9)19-18(25)20(21(26)32)29-22(28-19)11-6-13(23)14(24)7-16(11)31-35(33,34)10-3-4-10/h2,5-8,10,31H,3-4,25H2,1H3,(H2,26,32)(H,27,30). The van der Waals surface area contributed by atoms with E-state index >= 15 is 0 Å². The van der Waals surface area contributed by atoms with Gasteiger partial charge in [0.25, 0.3) is 5.91 Å². The quantitative estimate of drug-likeness (QED) is 0.316. The predicted molar refractivity (Wildman–Crippen MR) is 126 cm³/mol. The maximum absolute atomic E-state index is 14.3. The molecule has 13 heteroatoms. The van der Waals surface area contributed by atoms with E-state index in [4.69, 9.17) is 11.5 Å². The van der Waals surface area contributed by atoms with Crippen LogP contribution in [0.4, 0.5) is 20.2 Å². The lowest BCUT2D eigenvalue weighted by molar-refractivity contribution is 0.0996. The number of nitrogens with zero attached hydrogens (tertiary/aromatic N) is 3. The molecule has 2 heterocycles. The number of hydrogen-bond donors (Lipinski definition) is 4. The average Bonchev–Trinajstić information content (AvgIpc) is 3.56. The highest BCUT2D eigenvalue weighted by molar-refractivity contribution is 7.93. The average molecular weight is 500 g/mol. The Kier molecular flexibility index (Phi) is 5.16. The van der Waals surface area contributed by atoms with Gasteiger partial charge in [0.15, 0.2) is 23.2 Å². The summed E-state index contributed by atoms with van der Waals surface area (Å²) < 4.78 is 55.8. The van der Waals surface area contributed by atoms with E-state index < -0.39 is 32.8 Å². The number of nitrogens with one attached hydrogen (secondary N) is 2. The molecule has 0 aliphatic heterocycles. The van der Waals surface area contributed by atoms with Gasteiger partial charge >= 0.3 is 0 Å². The molecule has 180 valence electrons. The molecule has 1 aliphatic rings. The van der Waals surface area contributed by atoms with Crippen LogP contribution in [0.5, 0.6) is 0 Å². The van der Waals surface area contributed by atoms with Crippen molar-refractivity contribution in [2.24, 2.45) is 5.73 Å². The molecule has 1 amide bonds. The topological polar surface area (TPSA) is 170 Å². The van der Waals surface area contributed by atoms with Crippen molar-refractivity contribution in [3.8, 4) is 22.6 Å². The van der Waals surface area contributed by atoms with Gasteiger partial charge < -0.3 is 11.5 Å². The predicted octanol–water partition coefficient (Wildman–Crippen LogP) is 2.86. The number of aromatic amines is 1. The van der Waals surface area contributed by atoms with Crippen molar-refractivity contribution < 1.29 is 22.0 Å². The number of carbonyl (C=O) groups excluding carboxylic acids is 1. The fraction of sp³-hybridized carbons (Fsp3) is 0.182. The molecule has 0 bridgehead atoms. The summed E-state index contributed by atoms with van der Waals surface area (Å²) in [5, 5.41) is 6.86. The van der Waals surface area contributed by atoms with Gasteiger partial charge in [0.2, 0.25) is 10.0 Å². The van der Waals surface area contributed by atoms with E-state index in [1.165, 1.54) is 0 Å². The lowest BCUT2D eigenvalue weighted by Crippen LogP contribution is -2.20. The number of carbonyl (C=O) groups is 1. The van der Waals surface area contributed by atoms with Gasteiger partial charge in [-0.3, -0.25) is 14.6 Å². The fourth-order valence-electron chi connectivity index (χ4n) is 3.84. The number of nitrogens with two attached hydrogens (primary N) is 2. The first-order valence-electron chi connectivity index (χ1n) is 10.5. The summed E-state index contributed by atoms with van der Waals surface area (Å²) in [6, 6.07) is 5.05. The summed E-state index contributed by atoms with van der Waals surface area (Å²) >= 11 is 0. The number of sulfonamides is 1. The number of amides is 1. The van der Waals surface area contributed by atoms with Crippen LogP contribution in [0.3, 0.4) is 0 Å². The summed E-state index contributed by atoms with van der Waals surface area (Å²) in [5.74, 6) is -3.78. The summed E-state index contributed by atoms with van der Waals surface area (Å²) in [7, 11) is -3.85. The molecule has 6 N–H and O–H groups in total. The molecule has 1 aliphatic carbocycles. The summed E-state index contributed by atoms with van der Waals surface area (Å²) in [5.41, 5.74) is 12.8. The molecular weight excluding hydrogens is 480 g/mol. The van der Waals surface area contributed by atoms with Gasteiger partial charge in [-0.25, -0.2) is 27.2 Å². The van der Waals surface area contributed by atoms with Crippen LogP contribution in [0.1, 0.15) is 28.9 Å². The van der Waals surface area contributed by atoms with Crippen molar-refractivity contribution in [2.45, 2.75) is 25.0 Å². The minimum absolute atomic E-state index is 0.106. The number of hydrogen-bond acceptors (Lipinski definition) is 7. The zero-order valence-electron chi connectivity index (χ0n) is 18.3. The molecule has 4 aromatic rings. The molecule has 0 spiro atoms. The molecule has 0 atom stereocenters. The Labute approximate surface area is 197 Å². The number of aromatic nitrogens is 4. The number of benzene rings is 2. The highest BCUT2D eigenvalue weighted by atomic mass is 32.2. The Morgan fingerprint density at radius 2 is 1.89 bits per heavy atom. The molecule has 10 nitrogen and oxygen atoms in total. The van der Waals surface area contributed by atoms with Gasteiger partial charge in [0.1, 0.15) is 0 Å². The zero-order chi connectivity index (χ0) is 25.1. The van der Waals surface area contributed by atoms with E-state index in [-0.39, 0.29) is 34.2 Å². The van der Waals surface area contributed by atoms with Crippen LogP contribution in [0, 0.1) is 18.6 Å². The van der Waals surface area contributed by atoms with Crippen LogP contribution in [0.25, 0.3) is 33.5 Å². The number of nitrogen functional groups attached to an aromatic ring is 1. The molecule has 0 saturated heterocycles. The second-order valence-electron chi connectivity index (χ2n) is 8.27. The smallest absolute Gasteiger partial charge is 0.269 e. The molecular formula is C22H19F2N7O3S. The van der Waals surface area contributed by atoms with Crippen molar-refractivity contribution in [1.82, 2.24) is 20.2 Å². The van der Waals surface area contributed by atoms with Crippen LogP contribution in [-0.4, -0.2) is 39.7 Å². The Balaban J connectivity index is 1.79. The number of H-pyrrole nitrogens is 1. The monoisotopic (exact) mass is 499 g/mol. The molecule has 35 heavy (non-hydrogen) atoms. The van der Waals surface area contributed by atoms with Crippen molar-refractivity contribution in [1.29, 1.82) is 0 Å². The maximum Gasteiger partial charge on any atom is 0.269 e. The van der Waals surface area contributed by atoms with Crippen LogP contribution < -0.4 is 16.2 Å². The summed E-state index contributed by atoms with van der Waals surface area (Å²) in [4.78, 5) is 20.8. The Morgan fingerprint density at radius 3 is 2.57 bits per heavy atom. The number of fused-ring (bicyclic) bond motifs is 1. The van der Waals surface area contributed by atoms with E-state index in [2.05, 4.69) is 24.9 Å². The number of anilines is 2. The van der Waals surface area contributed by atoms with E-state index in [0.29, 0.717) is 35.4 Å². The summed E-state index contributed by atoms with van der Waals surface area (Å²) in [6.07, 6.45) is 2.46. The number of rotatable bonds is 6. The third-order valence-electron chi connectivity index (χ3n) is 5.77. The van der Waals surface area contributed by atoms with Crippen molar-refractivity contribution >= 4 is 38.2 Å². The van der Waals surface area contributed by atoms with E-state index in [1.807, 2.05) is 0 Å². The molecule has 0 radical (unpaired) electrons. The minimum Gasteiger partial charge on any atom is -0.395 e. The first-order valence-corrected chi connectivity index (χ1v) is 12.0. The Bertz CT molecular complexity index is 1630. The number of primary amides is 1. The SMILES string of the molecule is Cc1ccc2[nH]ncc2c1-c1nc(-c2cc(F)c(F)cc2NS(=O)(=O)C2CC2)nc(C(N)=O)c1N. The highest BCUT2D eigenvalue weighted by Gasteiger charge is 2.36. The number of aryl methyl sites for hydroxylation is 1. The lowest BCUT2D eigenvalue weighted by Gasteiger charge is -2.16. The molecule has 2 aromatic carbocycles. The van der Waals surface area contributed by atoms with Crippen LogP contribution >= 0.6 is 0 Å². The van der Waals surface area contributed by atoms with Crippen molar-refractivity contribution in [3.05, 3.63) is 53.4 Å². The molecule has 0 unspecified atom stereocenters. The second-order valence-corrected chi connectivity index (χ2v) is 10.2. The first kappa shape index (κ1) is 22.7. The van der Waals surface area contributed by atoms with Crippen LogP contribution in [0.2, 0.25) is 0 Å². The van der Waals surface area contributed by atoms with E-state index in [9.17, 15) is 22.0 Å². The van der Waals surface area contributed by atoms with E-state index in [0.717, 1.165) is 11.6 Å². The largest absolute Gasteiger partial charge is 0.395 e. The third kappa shape index (κ3) is 3.93. The molecule has 1 saturated carbocycles. The minimum atomic E-state index is -3.85. The first-order chi connectivity index (χ1) is 16.6. The fourth-order valence-corrected chi connectivity index (χ4v) is 5.24. The van der Waals surface area contributed by atoms with E-state index in [1.54, 1.807) is 25.3 Å². The van der Waals surface area contributed by atoms with Gasteiger partial charge in [-0.1, -0.05) is 6.07 Å².